The Labute approximate surface area is 105 Å². The molecule has 2 aromatic heterocycles. The zero-order valence-corrected chi connectivity index (χ0v) is 10.8. The van der Waals surface area contributed by atoms with E-state index >= 15 is 0 Å². The molecular formula is C13H15N3S. The molecule has 1 atom stereocenters. The number of aliphatic imine (C=N–C) groups is 1. The molecule has 0 saturated heterocycles. The number of aromatic amines is 1. The van der Waals surface area contributed by atoms with E-state index in [1.165, 1.54) is 0 Å². The molecule has 0 spiro atoms. The summed E-state index contributed by atoms with van der Waals surface area (Å²) in [6.45, 7) is 4.45. The van der Waals surface area contributed by atoms with Gasteiger partial charge >= 0.3 is 0 Å². The fourth-order valence-corrected chi connectivity index (χ4v) is 3.31. The average Bonchev–Trinajstić information content (AvgIpc) is 2.95. The summed E-state index contributed by atoms with van der Waals surface area (Å²) < 4.78 is 0. The van der Waals surface area contributed by atoms with Crippen molar-refractivity contribution in [3.63, 3.8) is 0 Å². The molecular weight excluding hydrogens is 230 g/mol. The Hall–Kier alpha value is -1.29. The number of fused-ring (bicyclic) bond motifs is 1. The minimum absolute atomic E-state index is 0.448. The smallest absolute Gasteiger partial charge is 0.102 e. The van der Waals surface area contributed by atoms with Crippen molar-refractivity contribution in [1.29, 1.82) is 0 Å². The van der Waals surface area contributed by atoms with E-state index in [0.717, 1.165) is 27.4 Å². The number of nitrogens with zero attached hydrogens (tertiary/aromatic N) is 2. The summed E-state index contributed by atoms with van der Waals surface area (Å²) in [7, 11) is 0. The molecule has 3 nitrogen and oxygen atoms in total. The van der Waals surface area contributed by atoms with Crippen molar-refractivity contribution < 1.29 is 0 Å². The van der Waals surface area contributed by atoms with Crippen LogP contribution in [0.15, 0.2) is 29.5 Å². The SMILES string of the molecule is CC(C)C1CSC(c2c[nH]c3cccnc23)=N1. The Morgan fingerprint density at radius 1 is 1.47 bits per heavy atom. The van der Waals surface area contributed by atoms with Crippen LogP contribution >= 0.6 is 11.8 Å². The number of H-pyrrole nitrogens is 1. The maximum Gasteiger partial charge on any atom is 0.102 e. The molecule has 0 bridgehead atoms. The van der Waals surface area contributed by atoms with E-state index in [9.17, 15) is 0 Å². The van der Waals surface area contributed by atoms with Crippen LogP contribution in [-0.2, 0) is 0 Å². The molecule has 1 aliphatic rings. The van der Waals surface area contributed by atoms with Gasteiger partial charge in [-0.05, 0) is 18.1 Å². The predicted molar refractivity (Wildman–Crippen MR) is 73.7 cm³/mol. The summed E-state index contributed by atoms with van der Waals surface area (Å²) in [5, 5.41) is 1.13. The van der Waals surface area contributed by atoms with Gasteiger partial charge in [-0.1, -0.05) is 13.8 Å². The lowest BCUT2D eigenvalue weighted by molar-refractivity contribution is 0.544. The van der Waals surface area contributed by atoms with Crippen LogP contribution in [0.4, 0.5) is 0 Å². The molecule has 0 amide bonds. The van der Waals surface area contributed by atoms with Crippen molar-refractivity contribution in [2.45, 2.75) is 19.9 Å². The first-order valence-electron chi connectivity index (χ1n) is 5.89. The number of aromatic nitrogens is 2. The summed E-state index contributed by atoms with van der Waals surface area (Å²) in [4.78, 5) is 12.5. The molecule has 0 radical (unpaired) electrons. The zero-order chi connectivity index (χ0) is 11.8. The number of hydrogen-bond acceptors (Lipinski definition) is 3. The second kappa shape index (κ2) is 4.18. The van der Waals surface area contributed by atoms with Crippen molar-refractivity contribution in [3.05, 3.63) is 30.1 Å². The largest absolute Gasteiger partial charge is 0.359 e. The Balaban J connectivity index is 2.03. The van der Waals surface area contributed by atoms with E-state index < -0.39 is 0 Å². The third-order valence-corrected chi connectivity index (χ3v) is 4.22. The molecule has 0 fully saturated rings. The first-order valence-corrected chi connectivity index (χ1v) is 6.87. The van der Waals surface area contributed by atoms with Crippen molar-refractivity contribution >= 4 is 27.8 Å². The average molecular weight is 245 g/mol. The van der Waals surface area contributed by atoms with Gasteiger partial charge in [0.1, 0.15) is 5.04 Å². The molecule has 3 heterocycles. The standard InChI is InChI=1S/C13H15N3S/c1-8(2)11-7-17-13(16-11)9-6-15-10-4-3-5-14-12(9)10/h3-6,8,11,15H,7H2,1-2H3. The van der Waals surface area contributed by atoms with Crippen LogP contribution in [0.1, 0.15) is 19.4 Å². The van der Waals surface area contributed by atoms with Crippen molar-refractivity contribution in [2.24, 2.45) is 10.9 Å². The lowest BCUT2D eigenvalue weighted by atomic mass is 10.1. The molecule has 0 saturated carbocycles. The maximum atomic E-state index is 4.80. The lowest BCUT2D eigenvalue weighted by Gasteiger charge is -2.07. The summed E-state index contributed by atoms with van der Waals surface area (Å²) in [6.07, 6.45) is 3.85. The fourth-order valence-electron chi connectivity index (χ4n) is 2.00. The molecule has 88 valence electrons. The van der Waals surface area contributed by atoms with Gasteiger partial charge in [0.05, 0.1) is 22.6 Å². The van der Waals surface area contributed by atoms with Crippen LogP contribution in [0.2, 0.25) is 0 Å². The van der Waals surface area contributed by atoms with Crippen molar-refractivity contribution in [2.75, 3.05) is 5.75 Å². The third kappa shape index (κ3) is 1.86. The summed E-state index contributed by atoms with van der Waals surface area (Å²) in [5.74, 6) is 1.70. The van der Waals surface area contributed by atoms with E-state index in [1.807, 2.05) is 36.3 Å². The molecule has 1 unspecified atom stereocenters. The molecule has 3 rings (SSSR count). The monoisotopic (exact) mass is 245 g/mol. The number of thioether (sulfide) groups is 1. The fraction of sp³-hybridized carbons (Fsp3) is 0.385. The summed E-state index contributed by atoms with van der Waals surface area (Å²) in [5.41, 5.74) is 3.26. The molecule has 0 aromatic carbocycles. The molecule has 17 heavy (non-hydrogen) atoms. The molecule has 1 aliphatic heterocycles. The van der Waals surface area contributed by atoms with Gasteiger partial charge < -0.3 is 4.98 Å². The van der Waals surface area contributed by atoms with Gasteiger partial charge in [0.25, 0.3) is 0 Å². The second-order valence-electron chi connectivity index (χ2n) is 4.66. The Morgan fingerprint density at radius 2 is 2.35 bits per heavy atom. The highest BCUT2D eigenvalue weighted by molar-refractivity contribution is 8.14. The minimum Gasteiger partial charge on any atom is -0.359 e. The van der Waals surface area contributed by atoms with Crippen LogP contribution in [-0.4, -0.2) is 26.8 Å². The van der Waals surface area contributed by atoms with Gasteiger partial charge in [-0.3, -0.25) is 9.98 Å². The lowest BCUT2D eigenvalue weighted by Crippen LogP contribution is -2.11. The minimum atomic E-state index is 0.448. The van der Waals surface area contributed by atoms with Gasteiger partial charge in [0.2, 0.25) is 0 Å². The molecule has 4 heteroatoms. The highest BCUT2D eigenvalue weighted by Crippen LogP contribution is 2.29. The van der Waals surface area contributed by atoms with E-state index in [-0.39, 0.29) is 0 Å². The van der Waals surface area contributed by atoms with Crippen molar-refractivity contribution in [3.8, 4) is 0 Å². The van der Waals surface area contributed by atoms with Gasteiger partial charge in [-0.15, -0.1) is 11.8 Å². The highest BCUT2D eigenvalue weighted by atomic mass is 32.2. The third-order valence-electron chi connectivity index (χ3n) is 3.11. The van der Waals surface area contributed by atoms with E-state index in [4.69, 9.17) is 4.99 Å². The Bertz CT molecular complexity index is 571. The van der Waals surface area contributed by atoms with Gasteiger partial charge in [-0.25, -0.2) is 0 Å². The summed E-state index contributed by atoms with van der Waals surface area (Å²) >= 11 is 1.84. The van der Waals surface area contributed by atoms with E-state index in [2.05, 4.69) is 23.8 Å². The van der Waals surface area contributed by atoms with Crippen LogP contribution in [0.3, 0.4) is 0 Å². The van der Waals surface area contributed by atoms with E-state index in [1.54, 1.807) is 0 Å². The maximum absolute atomic E-state index is 4.80. The summed E-state index contributed by atoms with van der Waals surface area (Å²) in [6, 6.07) is 4.44. The molecule has 1 N–H and O–H groups in total. The molecule has 0 aliphatic carbocycles. The first-order chi connectivity index (χ1) is 8.25. The van der Waals surface area contributed by atoms with Crippen molar-refractivity contribution in [1.82, 2.24) is 9.97 Å². The number of nitrogens with one attached hydrogen (secondary N) is 1. The zero-order valence-electron chi connectivity index (χ0n) is 9.97. The molecule has 2 aromatic rings. The van der Waals surface area contributed by atoms with Gasteiger partial charge in [0, 0.05) is 18.1 Å². The topological polar surface area (TPSA) is 41.0 Å². The van der Waals surface area contributed by atoms with Crippen LogP contribution < -0.4 is 0 Å². The number of hydrogen-bond donors (Lipinski definition) is 1. The quantitative estimate of drug-likeness (QED) is 0.883. The van der Waals surface area contributed by atoms with E-state index in [0.29, 0.717) is 12.0 Å². The number of rotatable bonds is 2. The predicted octanol–water partition coefficient (Wildman–Crippen LogP) is 3.08. The number of pyridine rings is 1. The van der Waals surface area contributed by atoms with Crippen LogP contribution in [0, 0.1) is 5.92 Å². The Kier molecular flexibility index (Phi) is 2.67. The first kappa shape index (κ1) is 10.8. The normalized spacial score (nSPS) is 20.2. The van der Waals surface area contributed by atoms with Gasteiger partial charge in [-0.2, -0.15) is 0 Å². The van der Waals surface area contributed by atoms with Crippen LogP contribution in [0.25, 0.3) is 11.0 Å². The Morgan fingerprint density at radius 3 is 3.12 bits per heavy atom. The second-order valence-corrected chi connectivity index (χ2v) is 5.67. The van der Waals surface area contributed by atoms with Gasteiger partial charge in [0.15, 0.2) is 0 Å². The highest BCUT2D eigenvalue weighted by Gasteiger charge is 2.23. The van der Waals surface area contributed by atoms with Crippen LogP contribution in [0.5, 0.6) is 0 Å².